The molecule has 0 saturated heterocycles. The molecule has 0 aromatic rings. The molecule has 142 valence electrons. The summed E-state index contributed by atoms with van der Waals surface area (Å²) in [6, 6.07) is 1.11. The number of allylic oxidation sites excluding steroid dienone is 3. The second kappa shape index (κ2) is 7.89. The highest BCUT2D eigenvalue weighted by molar-refractivity contribution is 6.76. The molecule has 2 aliphatic rings. The Morgan fingerprint density at radius 3 is 2.64 bits per heavy atom. The first-order valence-corrected chi connectivity index (χ1v) is 13.4. The summed E-state index contributed by atoms with van der Waals surface area (Å²) in [5.41, 5.74) is 1.85. The number of aldehydes is 1. The smallest absolute Gasteiger partial charge is 0.155 e. The number of hydrogen-bond acceptors (Lipinski definition) is 3. The first kappa shape index (κ1) is 20.6. The maximum Gasteiger partial charge on any atom is 0.155 e. The highest BCUT2D eigenvalue weighted by Gasteiger charge is 2.50. The highest BCUT2D eigenvalue weighted by atomic mass is 28.3. The molecule has 0 heterocycles. The van der Waals surface area contributed by atoms with Gasteiger partial charge in [-0.05, 0) is 57.1 Å². The second-order valence-corrected chi connectivity index (χ2v) is 15.0. The Kier molecular flexibility index (Phi) is 6.50. The van der Waals surface area contributed by atoms with Crippen LogP contribution in [0.2, 0.25) is 25.7 Å². The molecular weight excluding hydrogens is 328 g/mol. The van der Waals surface area contributed by atoms with Crippen LogP contribution >= 0.6 is 0 Å². The largest absolute Gasteiger partial charge is 0.356 e. The number of ether oxygens (including phenoxy) is 2. The van der Waals surface area contributed by atoms with Gasteiger partial charge in [0.1, 0.15) is 12.4 Å². The lowest BCUT2D eigenvalue weighted by atomic mass is 9.62. The van der Waals surface area contributed by atoms with Crippen molar-refractivity contribution in [3.8, 4) is 0 Å². The predicted molar refractivity (Wildman–Crippen MR) is 106 cm³/mol. The van der Waals surface area contributed by atoms with Crippen molar-refractivity contribution >= 4 is 14.4 Å². The van der Waals surface area contributed by atoms with E-state index >= 15 is 0 Å². The molecule has 2 rings (SSSR count). The van der Waals surface area contributed by atoms with Gasteiger partial charge in [-0.2, -0.15) is 0 Å². The zero-order valence-electron chi connectivity index (χ0n) is 17.0. The third kappa shape index (κ3) is 4.72. The lowest BCUT2D eigenvalue weighted by Gasteiger charge is -2.44. The normalized spacial score (nSPS) is 29.3. The van der Waals surface area contributed by atoms with Crippen LogP contribution in [-0.2, 0) is 14.3 Å². The molecule has 0 saturated carbocycles. The highest BCUT2D eigenvalue weighted by Crippen LogP contribution is 2.56. The first-order chi connectivity index (χ1) is 11.6. The van der Waals surface area contributed by atoms with Gasteiger partial charge in [0.25, 0.3) is 0 Å². The molecule has 0 aliphatic heterocycles. The van der Waals surface area contributed by atoms with Crippen LogP contribution in [0, 0.1) is 11.3 Å². The van der Waals surface area contributed by atoms with E-state index in [4.69, 9.17) is 9.47 Å². The van der Waals surface area contributed by atoms with Gasteiger partial charge in [-0.3, -0.25) is 4.79 Å². The molecule has 0 aromatic carbocycles. The second-order valence-electron chi connectivity index (χ2n) is 9.37. The van der Waals surface area contributed by atoms with Crippen molar-refractivity contribution in [3.05, 3.63) is 23.3 Å². The molecule has 3 nitrogen and oxygen atoms in total. The van der Waals surface area contributed by atoms with Gasteiger partial charge in [-0.25, -0.2) is 0 Å². The Bertz CT molecular complexity index is 546. The summed E-state index contributed by atoms with van der Waals surface area (Å²) in [7, 11) is -1.10. The van der Waals surface area contributed by atoms with E-state index in [2.05, 4.69) is 45.6 Å². The van der Waals surface area contributed by atoms with Crippen LogP contribution in [-0.4, -0.2) is 33.4 Å². The van der Waals surface area contributed by atoms with Gasteiger partial charge < -0.3 is 9.47 Å². The molecule has 1 spiro atoms. The van der Waals surface area contributed by atoms with Gasteiger partial charge in [0.2, 0.25) is 0 Å². The van der Waals surface area contributed by atoms with Crippen molar-refractivity contribution in [1.82, 2.24) is 0 Å². The van der Waals surface area contributed by atoms with Crippen molar-refractivity contribution in [1.29, 1.82) is 0 Å². The third-order valence-electron chi connectivity index (χ3n) is 6.13. The molecule has 0 amide bonds. The molecule has 2 aliphatic carbocycles. The summed E-state index contributed by atoms with van der Waals surface area (Å²) in [6.07, 6.45) is 9.88. The summed E-state index contributed by atoms with van der Waals surface area (Å²) in [5.74, 6) is 0.558. The van der Waals surface area contributed by atoms with E-state index in [1.54, 1.807) is 0 Å². The summed E-state index contributed by atoms with van der Waals surface area (Å²) in [5, 5.41) is 0. The van der Waals surface area contributed by atoms with Crippen molar-refractivity contribution in [2.24, 2.45) is 11.3 Å². The molecule has 0 fully saturated rings. The Labute approximate surface area is 154 Å². The van der Waals surface area contributed by atoms with E-state index in [1.165, 1.54) is 11.1 Å². The van der Waals surface area contributed by atoms with E-state index < -0.39 is 13.7 Å². The van der Waals surface area contributed by atoms with Crippen LogP contribution in [0.1, 0.15) is 46.5 Å². The predicted octanol–water partition coefficient (Wildman–Crippen LogP) is 5.36. The number of carbonyl (C=O) groups excluding carboxylic acids is 1. The molecule has 3 atom stereocenters. The van der Waals surface area contributed by atoms with Crippen LogP contribution in [0.15, 0.2) is 23.3 Å². The minimum absolute atomic E-state index is 0.0769. The maximum absolute atomic E-state index is 12.0. The van der Waals surface area contributed by atoms with Crippen molar-refractivity contribution < 1.29 is 14.3 Å². The molecule has 4 heteroatoms. The van der Waals surface area contributed by atoms with Gasteiger partial charge in [0, 0.05) is 20.1 Å². The summed E-state index contributed by atoms with van der Waals surface area (Å²) < 4.78 is 11.7. The van der Waals surface area contributed by atoms with E-state index in [-0.39, 0.29) is 12.2 Å². The lowest BCUT2D eigenvalue weighted by molar-refractivity contribution is -0.146. The number of carbonyl (C=O) groups is 1. The van der Waals surface area contributed by atoms with Crippen LogP contribution in [0.3, 0.4) is 0 Å². The molecule has 0 radical (unpaired) electrons. The Morgan fingerprint density at radius 1 is 1.36 bits per heavy atom. The SMILES string of the molecule is CC1=CC[C@]2(CC1)C([C@@](C)(C=O)OCOCC[Si](C)(C)C)=CC[C@H]2C. The molecule has 0 aromatic heterocycles. The van der Waals surface area contributed by atoms with Crippen molar-refractivity contribution in [3.63, 3.8) is 0 Å². The standard InChI is InChI=1S/C21H36O3Si/c1-17-9-11-21(12-10-17)18(2)7-8-19(21)20(3,15-22)24-16-23-13-14-25(4,5)6/h8-9,15,18H,7,10-14,16H2,1-6H3/t18-,20-,21-/m1/s1. The molecular formula is C21H36O3Si. The molecule has 0 unspecified atom stereocenters. The molecule has 0 N–H and O–H groups in total. The number of hydrogen-bond donors (Lipinski definition) is 0. The van der Waals surface area contributed by atoms with Crippen LogP contribution < -0.4 is 0 Å². The topological polar surface area (TPSA) is 35.5 Å². The zero-order valence-corrected chi connectivity index (χ0v) is 18.0. The quantitative estimate of drug-likeness (QED) is 0.191. The van der Waals surface area contributed by atoms with Crippen LogP contribution in [0.4, 0.5) is 0 Å². The summed E-state index contributed by atoms with van der Waals surface area (Å²) in [6.45, 7) is 14.3. The minimum atomic E-state index is -1.10. The first-order valence-electron chi connectivity index (χ1n) is 9.68. The Hall–Kier alpha value is -0.713. The number of rotatable bonds is 8. The van der Waals surface area contributed by atoms with Gasteiger partial charge >= 0.3 is 0 Å². The lowest BCUT2D eigenvalue weighted by Crippen LogP contribution is -2.43. The van der Waals surface area contributed by atoms with Gasteiger partial charge in [-0.1, -0.05) is 44.3 Å². The minimum Gasteiger partial charge on any atom is -0.356 e. The summed E-state index contributed by atoms with van der Waals surface area (Å²) in [4.78, 5) is 12.0. The average molecular weight is 365 g/mol. The fourth-order valence-electron chi connectivity index (χ4n) is 4.14. The zero-order chi connectivity index (χ0) is 18.7. The maximum atomic E-state index is 12.0. The van der Waals surface area contributed by atoms with Crippen molar-refractivity contribution in [2.45, 2.75) is 77.7 Å². The van der Waals surface area contributed by atoms with Gasteiger partial charge in [0.15, 0.2) is 6.29 Å². The van der Waals surface area contributed by atoms with E-state index in [9.17, 15) is 4.79 Å². The summed E-state index contributed by atoms with van der Waals surface area (Å²) >= 11 is 0. The van der Waals surface area contributed by atoms with E-state index in [0.717, 1.165) is 38.0 Å². The average Bonchev–Trinajstić information content (AvgIpc) is 2.86. The monoisotopic (exact) mass is 364 g/mol. The van der Waals surface area contributed by atoms with Crippen LogP contribution in [0.25, 0.3) is 0 Å². The van der Waals surface area contributed by atoms with E-state index in [0.29, 0.717) is 12.5 Å². The Morgan fingerprint density at radius 2 is 2.08 bits per heavy atom. The van der Waals surface area contributed by atoms with Gasteiger partial charge in [-0.15, -0.1) is 0 Å². The third-order valence-corrected chi connectivity index (χ3v) is 7.84. The Balaban J connectivity index is 2.03. The van der Waals surface area contributed by atoms with E-state index in [1.807, 2.05) is 6.92 Å². The van der Waals surface area contributed by atoms with Gasteiger partial charge in [0.05, 0.1) is 0 Å². The fourth-order valence-corrected chi connectivity index (χ4v) is 4.89. The molecule has 25 heavy (non-hydrogen) atoms. The van der Waals surface area contributed by atoms with Crippen molar-refractivity contribution in [2.75, 3.05) is 13.4 Å². The fraction of sp³-hybridized carbons (Fsp3) is 0.762. The molecule has 0 bridgehead atoms. The van der Waals surface area contributed by atoms with Crippen LogP contribution in [0.5, 0.6) is 0 Å².